The maximum Gasteiger partial charge on any atom is 0.456 e. The molecule has 2 saturated heterocycles. The van der Waals surface area contributed by atoms with Crippen LogP contribution >= 0.6 is 0 Å². The maximum absolute atomic E-state index is 13.3. The van der Waals surface area contributed by atoms with Gasteiger partial charge in [0.25, 0.3) is 5.91 Å². The van der Waals surface area contributed by atoms with Crippen molar-refractivity contribution >= 4 is 21.6 Å². The number of anilines is 1. The van der Waals surface area contributed by atoms with Crippen molar-refractivity contribution in [3.05, 3.63) is 24.3 Å². The zero-order valence-electron chi connectivity index (χ0n) is 17.9. The van der Waals surface area contributed by atoms with E-state index < -0.39 is 39.4 Å². The maximum atomic E-state index is 13.3. The van der Waals surface area contributed by atoms with Crippen molar-refractivity contribution in [1.82, 2.24) is 9.79 Å². The molecule has 0 atom stereocenters. The molecule has 0 bridgehead atoms. The second kappa shape index (κ2) is 9.79. The molecular weight excluding hydrogens is 493 g/mol. The number of piperazine rings is 1. The van der Waals surface area contributed by atoms with Gasteiger partial charge in [-0.2, -0.15) is 26.3 Å². The fraction of sp³-hybridized carbons (Fsp3) is 0.632. The van der Waals surface area contributed by atoms with Crippen molar-refractivity contribution in [2.75, 3.05) is 50.9 Å². The van der Waals surface area contributed by atoms with E-state index in [1.165, 1.54) is 34.1 Å². The standard InChI is InChI=1S/C19H24F5N3O6S/c20-18(21,19(22,23)24)13-33-15-3-1-14(2-4-15)26-7-9-27(10-8-26)34(30,31)17(16(28)25-29)5-11-32-12-6-17/h1-4,29H,5-13H2,(H,25,28). The van der Waals surface area contributed by atoms with E-state index in [2.05, 4.69) is 4.74 Å². The minimum Gasteiger partial charge on any atom is -0.487 e. The summed E-state index contributed by atoms with van der Waals surface area (Å²) in [5.41, 5.74) is 2.04. The van der Waals surface area contributed by atoms with Crippen molar-refractivity contribution in [3.8, 4) is 5.75 Å². The van der Waals surface area contributed by atoms with E-state index >= 15 is 0 Å². The molecule has 9 nitrogen and oxygen atoms in total. The van der Waals surface area contributed by atoms with Crippen LogP contribution in [-0.4, -0.2) is 86.7 Å². The van der Waals surface area contributed by atoms with Crippen molar-refractivity contribution in [2.24, 2.45) is 0 Å². The number of benzene rings is 1. The van der Waals surface area contributed by atoms with E-state index in [1.807, 2.05) is 0 Å². The third-order valence-electron chi connectivity index (χ3n) is 5.92. The van der Waals surface area contributed by atoms with E-state index in [0.717, 1.165) is 0 Å². The third kappa shape index (κ3) is 5.06. The van der Waals surface area contributed by atoms with Crippen LogP contribution in [0.4, 0.5) is 27.6 Å². The minimum atomic E-state index is -5.71. The van der Waals surface area contributed by atoms with Crippen LogP contribution in [0.5, 0.6) is 5.75 Å². The number of hydroxylamine groups is 1. The van der Waals surface area contributed by atoms with Gasteiger partial charge in [0, 0.05) is 57.9 Å². The molecule has 0 aromatic heterocycles. The summed E-state index contributed by atoms with van der Waals surface area (Å²) in [6, 6.07) is 5.41. The Balaban J connectivity index is 1.63. The van der Waals surface area contributed by atoms with Crippen LogP contribution in [0.1, 0.15) is 12.8 Å². The molecule has 2 N–H and O–H groups in total. The van der Waals surface area contributed by atoms with E-state index in [4.69, 9.17) is 9.94 Å². The predicted octanol–water partition coefficient (Wildman–Crippen LogP) is 1.77. The Kier molecular flexibility index (Phi) is 7.60. The zero-order chi connectivity index (χ0) is 25.2. The second-order valence-electron chi connectivity index (χ2n) is 7.92. The minimum absolute atomic E-state index is 0.0414. The lowest BCUT2D eigenvalue weighted by atomic mass is 9.98. The highest BCUT2D eigenvalue weighted by Gasteiger charge is 2.58. The molecule has 0 aliphatic carbocycles. The van der Waals surface area contributed by atoms with Gasteiger partial charge in [0.15, 0.2) is 11.4 Å². The summed E-state index contributed by atoms with van der Waals surface area (Å²) in [6.07, 6.45) is -5.92. The van der Waals surface area contributed by atoms with Gasteiger partial charge < -0.3 is 14.4 Å². The lowest BCUT2D eigenvalue weighted by Crippen LogP contribution is -2.62. The van der Waals surface area contributed by atoms with Crippen LogP contribution in [0.2, 0.25) is 0 Å². The molecule has 1 aromatic carbocycles. The van der Waals surface area contributed by atoms with Gasteiger partial charge in [-0.05, 0) is 24.3 Å². The molecule has 0 saturated carbocycles. The van der Waals surface area contributed by atoms with Gasteiger partial charge in [0.2, 0.25) is 10.0 Å². The number of carbonyl (C=O) groups excluding carboxylic acids is 1. The second-order valence-corrected chi connectivity index (χ2v) is 10.2. The van der Waals surface area contributed by atoms with Crippen LogP contribution in [0.25, 0.3) is 0 Å². The number of halogens is 5. The Labute approximate surface area is 192 Å². The van der Waals surface area contributed by atoms with Crippen LogP contribution in [0.3, 0.4) is 0 Å². The summed E-state index contributed by atoms with van der Waals surface area (Å²) < 4.78 is 98.4. The quantitative estimate of drug-likeness (QED) is 0.323. The highest BCUT2D eigenvalue weighted by atomic mass is 32.2. The van der Waals surface area contributed by atoms with E-state index in [1.54, 1.807) is 4.90 Å². The summed E-state index contributed by atoms with van der Waals surface area (Å²) in [7, 11) is -4.13. The molecule has 0 radical (unpaired) electrons. The molecule has 0 spiro atoms. The number of alkyl halides is 5. The molecule has 34 heavy (non-hydrogen) atoms. The lowest BCUT2D eigenvalue weighted by Gasteiger charge is -2.42. The zero-order valence-corrected chi connectivity index (χ0v) is 18.7. The first kappa shape index (κ1) is 26.4. The topological polar surface area (TPSA) is 108 Å². The van der Waals surface area contributed by atoms with Crippen molar-refractivity contribution in [3.63, 3.8) is 0 Å². The summed E-state index contributed by atoms with van der Waals surface area (Å²) >= 11 is 0. The SMILES string of the molecule is O=C(NO)C1(S(=O)(=O)N2CCN(c3ccc(OCC(F)(F)C(F)(F)F)cc3)CC2)CCOCC1. The van der Waals surface area contributed by atoms with Gasteiger partial charge in [-0.15, -0.1) is 0 Å². The number of sulfonamides is 1. The molecule has 3 rings (SSSR count). The van der Waals surface area contributed by atoms with Crippen LogP contribution in [-0.2, 0) is 19.6 Å². The summed E-state index contributed by atoms with van der Waals surface area (Å²) in [4.78, 5) is 14.1. The average molecular weight is 517 g/mol. The Bertz CT molecular complexity index is 960. The summed E-state index contributed by atoms with van der Waals surface area (Å²) in [5, 5.41) is 9.11. The number of hydrogen-bond donors (Lipinski definition) is 2. The Morgan fingerprint density at radius 2 is 1.62 bits per heavy atom. The molecule has 2 aliphatic rings. The van der Waals surface area contributed by atoms with E-state index in [9.17, 15) is 35.2 Å². The number of nitrogens with zero attached hydrogens (tertiary/aromatic N) is 2. The van der Waals surface area contributed by atoms with Gasteiger partial charge in [-0.25, -0.2) is 13.9 Å². The highest BCUT2D eigenvalue weighted by Crippen LogP contribution is 2.36. The number of hydrogen-bond acceptors (Lipinski definition) is 7. The Morgan fingerprint density at radius 3 is 2.12 bits per heavy atom. The molecular formula is C19H24F5N3O6S. The molecule has 2 fully saturated rings. The highest BCUT2D eigenvalue weighted by molar-refractivity contribution is 7.91. The first-order chi connectivity index (χ1) is 15.8. The Morgan fingerprint density at radius 1 is 1.06 bits per heavy atom. The Hall–Kier alpha value is -2.23. The van der Waals surface area contributed by atoms with Crippen LogP contribution in [0, 0.1) is 0 Å². The number of amides is 1. The van der Waals surface area contributed by atoms with Gasteiger partial charge in [0.1, 0.15) is 5.75 Å². The molecule has 0 unspecified atom stereocenters. The van der Waals surface area contributed by atoms with Crippen LogP contribution in [0.15, 0.2) is 24.3 Å². The van der Waals surface area contributed by atoms with Gasteiger partial charge >= 0.3 is 12.1 Å². The molecule has 192 valence electrons. The first-order valence-corrected chi connectivity index (χ1v) is 11.7. The third-order valence-corrected chi connectivity index (χ3v) is 8.55. The van der Waals surface area contributed by atoms with Gasteiger partial charge in [-0.1, -0.05) is 0 Å². The smallest absolute Gasteiger partial charge is 0.456 e. The normalized spacial score (nSPS) is 20.1. The summed E-state index contributed by atoms with van der Waals surface area (Å²) in [6.45, 7) is -1.19. The number of ether oxygens (including phenoxy) is 2. The number of carbonyl (C=O) groups is 1. The fourth-order valence-corrected chi connectivity index (χ4v) is 5.95. The molecule has 2 aliphatic heterocycles. The van der Waals surface area contributed by atoms with Crippen LogP contribution < -0.4 is 15.1 Å². The number of rotatable bonds is 7. The van der Waals surface area contributed by atoms with Gasteiger partial charge in [-0.3, -0.25) is 10.0 Å². The van der Waals surface area contributed by atoms with Gasteiger partial charge in [0.05, 0.1) is 0 Å². The average Bonchev–Trinajstić information content (AvgIpc) is 2.82. The monoisotopic (exact) mass is 517 g/mol. The molecule has 1 aromatic rings. The summed E-state index contributed by atoms with van der Waals surface area (Å²) in [5.74, 6) is -6.17. The largest absolute Gasteiger partial charge is 0.487 e. The molecule has 15 heteroatoms. The fourth-order valence-electron chi connectivity index (χ4n) is 3.85. The predicted molar refractivity (Wildman–Crippen MR) is 108 cm³/mol. The number of nitrogens with one attached hydrogen (secondary N) is 1. The van der Waals surface area contributed by atoms with E-state index in [0.29, 0.717) is 5.69 Å². The van der Waals surface area contributed by atoms with E-state index in [-0.39, 0.29) is 58.0 Å². The van der Waals surface area contributed by atoms with Crippen molar-refractivity contribution < 1.29 is 49.8 Å². The molecule has 1 amide bonds. The molecule has 2 heterocycles. The first-order valence-electron chi connectivity index (χ1n) is 10.3. The van der Waals surface area contributed by atoms with Crippen molar-refractivity contribution in [2.45, 2.75) is 29.7 Å². The lowest BCUT2D eigenvalue weighted by molar-refractivity contribution is -0.290. The van der Waals surface area contributed by atoms with Crippen molar-refractivity contribution in [1.29, 1.82) is 0 Å².